The first kappa shape index (κ1) is 17.1. The van der Waals surface area contributed by atoms with Crippen molar-refractivity contribution in [1.82, 2.24) is 9.55 Å². The minimum absolute atomic E-state index is 0.0379. The maximum atomic E-state index is 12.4. The number of nitrogens with zero attached hydrogens (tertiary/aromatic N) is 2. The predicted octanol–water partition coefficient (Wildman–Crippen LogP) is 4.50. The number of aromatic nitrogens is 2. The van der Waals surface area contributed by atoms with Crippen molar-refractivity contribution >= 4 is 22.6 Å². The fraction of sp³-hybridized carbons (Fsp3) is 0.364. The van der Waals surface area contributed by atoms with Gasteiger partial charge in [0.05, 0.1) is 17.4 Å². The van der Waals surface area contributed by atoms with Crippen molar-refractivity contribution in [3.05, 3.63) is 48.8 Å². The van der Waals surface area contributed by atoms with Crippen LogP contribution in [0, 0.1) is 0 Å². The summed E-state index contributed by atoms with van der Waals surface area (Å²) in [7, 11) is 0. The lowest BCUT2D eigenvalue weighted by Crippen LogP contribution is -2.40. The van der Waals surface area contributed by atoms with Gasteiger partial charge < -0.3 is 19.4 Å². The van der Waals surface area contributed by atoms with Crippen molar-refractivity contribution in [2.45, 2.75) is 50.9 Å². The van der Waals surface area contributed by atoms with Crippen LogP contribution in [-0.4, -0.2) is 21.2 Å². The highest BCUT2D eigenvalue weighted by Gasteiger charge is 2.42. The van der Waals surface area contributed by atoms with Crippen molar-refractivity contribution in [2.24, 2.45) is 0 Å². The quantitative estimate of drug-likeness (QED) is 0.727. The molecule has 1 amide bonds. The fourth-order valence-corrected chi connectivity index (χ4v) is 4.10. The zero-order chi connectivity index (χ0) is 19.0. The summed E-state index contributed by atoms with van der Waals surface area (Å²) >= 11 is 0. The van der Waals surface area contributed by atoms with Crippen LogP contribution < -0.4 is 14.8 Å². The molecule has 28 heavy (non-hydrogen) atoms. The van der Waals surface area contributed by atoms with Crippen molar-refractivity contribution in [3.63, 3.8) is 0 Å². The van der Waals surface area contributed by atoms with Crippen LogP contribution in [0.3, 0.4) is 0 Å². The molecule has 1 spiro atoms. The van der Waals surface area contributed by atoms with E-state index in [4.69, 9.17) is 9.47 Å². The van der Waals surface area contributed by atoms with Gasteiger partial charge in [0.15, 0.2) is 11.5 Å². The molecule has 0 radical (unpaired) electrons. The molecule has 2 aromatic carbocycles. The summed E-state index contributed by atoms with van der Waals surface area (Å²) in [4.78, 5) is 16.8. The second-order valence-corrected chi connectivity index (χ2v) is 7.56. The Hall–Kier alpha value is -3.02. The third-order valence-corrected chi connectivity index (χ3v) is 5.54. The van der Waals surface area contributed by atoms with Gasteiger partial charge in [-0.15, -0.1) is 0 Å². The van der Waals surface area contributed by atoms with E-state index in [1.807, 2.05) is 47.0 Å². The van der Waals surface area contributed by atoms with E-state index in [-0.39, 0.29) is 5.91 Å². The van der Waals surface area contributed by atoms with Crippen LogP contribution in [0.25, 0.3) is 11.0 Å². The largest absolute Gasteiger partial charge is 0.448 e. The van der Waals surface area contributed by atoms with E-state index in [0.29, 0.717) is 13.0 Å². The van der Waals surface area contributed by atoms with E-state index in [2.05, 4.69) is 10.3 Å². The van der Waals surface area contributed by atoms with Crippen molar-refractivity contribution in [2.75, 3.05) is 5.32 Å². The Labute approximate surface area is 163 Å². The highest BCUT2D eigenvalue weighted by atomic mass is 16.7. The van der Waals surface area contributed by atoms with Gasteiger partial charge in [-0.3, -0.25) is 4.79 Å². The number of amides is 1. The Kier molecular flexibility index (Phi) is 4.19. The Morgan fingerprint density at radius 2 is 1.89 bits per heavy atom. The summed E-state index contributed by atoms with van der Waals surface area (Å²) in [5.41, 5.74) is 2.71. The minimum Gasteiger partial charge on any atom is -0.448 e. The summed E-state index contributed by atoms with van der Waals surface area (Å²) < 4.78 is 14.2. The first-order valence-corrected chi connectivity index (χ1v) is 9.93. The molecule has 1 N–H and O–H groups in total. The molecule has 0 atom stereocenters. The summed E-state index contributed by atoms with van der Waals surface area (Å²) in [5.74, 6) is 0.959. The molecule has 3 aromatic rings. The number of hydrogen-bond donors (Lipinski definition) is 1. The van der Waals surface area contributed by atoms with Crippen LogP contribution in [0.4, 0.5) is 5.69 Å². The summed E-state index contributed by atoms with van der Waals surface area (Å²) in [5, 5.41) is 2.97. The minimum atomic E-state index is -0.494. The second kappa shape index (κ2) is 6.86. The second-order valence-electron chi connectivity index (χ2n) is 7.56. The van der Waals surface area contributed by atoms with Crippen LogP contribution >= 0.6 is 0 Å². The molecule has 6 heteroatoms. The van der Waals surface area contributed by atoms with E-state index >= 15 is 0 Å². The molecule has 1 aliphatic heterocycles. The number of imidazole rings is 1. The molecule has 1 aliphatic carbocycles. The van der Waals surface area contributed by atoms with E-state index in [1.165, 1.54) is 6.42 Å². The molecule has 0 unspecified atom stereocenters. The normalized spacial score (nSPS) is 17.1. The molecular formula is C22H23N3O3. The van der Waals surface area contributed by atoms with Gasteiger partial charge in [-0.05, 0) is 37.1 Å². The summed E-state index contributed by atoms with van der Waals surface area (Å²) in [6, 6.07) is 13.5. The van der Waals surface area contributed by atoms with Gasteiger partial charge in [0.1, 0.15) is 0 Å². The first-order valence-electron chi connectivity index (χ1n) is 9.93. The van der Waals surface area contributed by atoms with Crippen LogP contribution in [0.1, 0.15) is 38.5 Å². The topological polar surface area (TPSA) is 65.4 Å². The predicted molar refractivity (Wildman–Crippen MR) is 106 cm³/mol. The van der Waals surface area contributed by atoms with Crippen LogP contribution in [0.2, 0.25) is 0 Å². The van der Waals surface area contributed by atoms with Gasteiger partial charge in [0.2, 0.25) is 5.91 Å². The Balaban J connectivity index is 1.22. The standard InChI is InChI=1S/C22H23N3O3/c26-21(10-13-25-15-23-17-6-2-3-7-18(17)25)24-16-8-9-19-20(14-16)28-22(27-19)11-4-1-5-12-22/h2-3,6-9,14-15H,1,4-5,10-13H2,(H,24,26). The Morgan fingerprint density at radius 3 is 2.79 bits per heavy atom. The van der Waals surface area contributed by atoms with Crippen LogP contribution in [0.5, 0.6) is 11.5 Å². The number of para-hydroxylation sites is 2. The van der Waals surface area contributed by atoms with Crippen LogP contribution in [0.15, 0.2) is 48.8 Å². The summed E-state index contributed by atoms with van der Waals surface area (Å²) in [6.07, 6.45) is 7.48. The third kappa shape index (κ3) is 3.19. The van der Waals surface area contributed by atoms with Gasteiger partial charge >= 0.3 is 0 Å². The molecule has 5 rings (SSSR count). The molecule has 1 fully saturated rings. The number of aryl methyl sites for hydroxylation is 1. The average molecular weight is 377 g/mol. The number of carbonyl (C=O) groups excluding carboxylic acids is 1. The van der Waals surface area contributed by atoms with Crippen molar-refractivity contribution in [1.29, 1.82) is 0 Å². The van der Waals surface area contributed by atoms with E-state index in [0.717, 1.165) is 53.9 Å². The molecule has 2 heterocycles. The maximum Gasteiger partial charge on any atom is 0.251 e. The number of fused-ring (bicyclic) bond motifs is 2. The van der Waals surface area contributed by atoms with Gasteiger partial charge in [-0.1, -0.05) is 18.6 Å². The highest BCUT2D eigenvalue weighted by molar-refractivity contribution is 5.91. The lowest BCUT2D eigenvalue weighted by molar-refractivity contribution is -0.116. The van der Waals surface area contributed by atoms with Gasteiger partial charge in [-0.2, -0.15) is 0 Å². The number of benzene rings is 2. The number of carbonyl (C=O) groups is 1. The smallest absolute Gasteiger partial charge is 0.251 e. The average Bonchev–Trinajstić information content (AvgIpc) is 3.27. The lowest BCUT2D eigenvalue weighted by Gasteiger charge is -2.31. The fourth-order valence-electron chi connectivity index (χ4n) is 4.10. The molecule has 1 saturated carbocycles. The molecule has 2 aliphatic rings. The number of rotatable bonds is 4. The number of nitrogens with one attached hydrogen (secondary N) is 1. The van der Waals surface area contributed by atoms with E-state index in [1.54, 1.807) is 6.33 Å². The van der Waals surface area contributed by atoms with Gasteiger partial charge in [-0.25, -0.2) is 4.98 Å². The molecule has 144 valence electrons. The third-order valence-electron chi connectivity index (χ3n) is 5.54. The number of anilines is 1. The number of hydrogen-bond acceptors (Lipinski definition) is 4. The SMILES string of the molecule is O=C(CCn1cnc2ccccc21)Nc1ccc2c(c1)OC1(CCCCC1)O2. The Morgan fingerprint density at radius 1 is 1.07 bits per heavy atom. The van der Waals surface area contributed by atoms with E-state index in [9.17, 15) is 4.79 Å². The molecule has 6 nitrogen and oxygen atoms in total. The van der Waals surface area contributed by atoms with Crippen molar-refractivity contribution < 1.29 is 14.3 Å². The van der Waals surface area contributed by atoms with Gasteiger partial charge in [0, 0.05) is 37.6 Å². The summed E-state index contributed by atoms with van der Waals surface area (Å²) in [6.45, 7) is 0.583. The zero-order valence-corrected chi connectivity index (χ0v) is 15.7. The highest BCUT2D eigenvalue weighted by Crippen LogP contribution is 2.46. The number of ether oxygens (including phenoxy) is 2. The van der Waals surface area contributed by atoms with Gasteiger partial charge in [0.25, 0.3) is 5.79 Å². The zero-order valence-electron chi connectivity index (χ0n) is 15.7. The molecule has 1 aromatic heterocycles. The van der Waals surface area contributed by atoms with Crippen LogP contribution in [-0.2, 0) is 11.3 Å². The van der Waals surface area contributed by atoms with E-state index < -0.39 is 5.79 Å². The molecule has 0 saturated heterocycles. The van der Waals surface area contributed by atoms with Crippen molar-refractivity contribution in [3.8, 4) is 11.5 Å². The molecular weight excluding hydrogens is 354 g/mol. The monoisotopic (exact) mass is 377 g/mol. The first-order chi connectivity index (χ1) is 13.7. The maximum absolute atomic E-state index is 12.4. The lowest BCUT2D eigenvalue weighted by atomic mass is 9.94. The molecule has 0 bridgehead atoms. The Bertz CT molecular complexity index is 1020.